The van der Waals surface area contributed by atoms with E-state index in [1.165, 1.54) is 18.4 Å². The summed E-state index contributed by atoms with van der Waals surface area (Å²) in [5.74, 6) is 0.618. The normalized spacial score (nSPS) is 23.8. The van der Waals surface area contributed by atoms with Gasteiger partial charge in [-0.25, -0.2) is 8.42 Å². The Labute approximate surface area is 145 Å². The second kappa shape index (κ2) is 6.51. The third-order valence-corrected chi connectivity index (χ3v) is 7.44. The maximum absolute atomic E-state index is 12.8. The quantitative estimate of drug-likeness (QED) is 0.820. The number of hydrogen-bond donors (Lipinski definition) is 0. The first-order valence-corrected chi connectivity index (χ1v) is 10.8. The minimum absolute atomic E-state index is 0.00207. The highest BCUT2D eigenvalue weighted by atomic mass is 32.2. The number of aryl methyl sites for hydroxylation is 1. The van der Waals surface area contributed by atoms with Crippen molar-refractivity contribution in [3.63, 3.8) is 0 Å². The van der Waals surface area contributed by atoms with Crippen LogP contribution in [0.5, 0.6) is 0 Å². The predicted molar refractivity (Wildman–Crippen MR) is 96.9 cm³/mol. The first kappa shape index (κ1) is 17.5. The van der Waals surface area contributed by atoms with Crippen molar-refractivity contribution in [1.29, 1.82) is 0 Å². The van der Waals surface area contributed by atoms with E-state index >= 15 is 0 Å². The molecule has 24 heavy (non-hydrogen) atoms. The Kier molecular flexibility index (Phi) is 4.73. The van der Waals surface area contributed by atoms with Crippen LogP contribution in [0.2, 0.25) is 0 Å². The smallest absolute Gasteiger partial charge is 0.230 e. The van der Waals surface area contributed by atoms with Crippen LogP contribution in [0.3, 0.4) is 0 Å². The van der Waals surface area contributed by atoms with Gasteiger partial charge < -0.3 is 4.90 Å². The molecule has 5 heteroatoms. The summed E-state index contributed by atoms with van der Waals surface area (Å²) < 4.78 is 23.2. The monoisotopic (exact) mass is 349 g/mol. The van der Waals surface area contributed by atoms with Gasteiger partial charge in [-0.05, 0) is 55.2 Å². The molecule has 2 fully saturated rings. The number of amides is 1. The molecule has 4 nitrogen and oxygen atoms in total. The highest BCUT2D eigenvalue weighted by molar-refractivity contribution is 7.91. The van der Waals surface area contributed by atoms with E-state index in [9.17, 15) is 13.2 Å². The average molecular weight is 349 g/mol. The Morgan fingerprint density at radius 3 is 2.42 bits per heavy atom. The van der Waals surface area contributed by atoms with Crippen LogP contribution in [-0.4, -0.2) is 32.9 Å². The van der Waals surface area contributed by atoms with Crippen molar-refractivity contribution in [1.82, 2.24) is 0 Å². The molecule has 1 aliphatic heterocycles. The molecule has 0 N–H and O–H groups in total. The molecule has 1 saturated carbocycles. The van der Waals surface area contributed by atoms with Gasteiger partial charge in [-0.15, -0.1) is 0 Å². The van der Waals surface area contributed by atoms with Crippen LogP contribution in [0.25, 0.3) is 0 Å². The van der Waals surface area contributed by atoms with E-state index in [1.807, 2.05) is 19.2 Å². The third kappa shape index (κ3) is 3.51. The number of sulfone groups is 1. The second-order valence-electron chi connectivity index (χ2n) is 7.44. The fourth-order valence-corrected chi connectivity index (χ4v) is 5.46. The second-order valence-corrected chi connectivity index (χ2v) is 9.74. The molecule has 1 amide bonds. The van der Waals surface area contributed by atoms with Crippen LogP contribution in [0.15, 0.2) is 24.3 Å². The highest BCUT2D eigenvalue weighted by Crippen LogP contribution is 2.60. The summed E-state index contributed by atoms with van der Waals surface area (Å²) in [5, 5.41) is 0. The van der Waals surface area contributed by atoms with Crippen molar-refractivity contribution in [3.05, 3.63) is 29.8 Å². The summed E-state index contributed by atoms with van der Waals surface area (Å²) in [7, 11) is -1.04. The fraction of sp³-hybridized carbons (Fsp3) is 0.632. The Bertz CT molecular complexity index is 695. The zero-order valence-electron chi connectivity index (χ0n) is 14.6. The molecule has 1 aliphatic carbocycles. The van der Waals surface area contributed by atoms with Gasteiger partial charge in [-0.2, -0.15) is 0 Å². The van der Waals surface area contributed by atoms with Crippen molar-refractivity contribution in [2.45, 2.75) is 45.4 Å². The molecule has 1 atom stereocenters. The molecular formula is C19H27NO3S. The lowest BCUT2D eigenvalue weighted by Crippen LogP contribution is -2.33. The van der Waals surface area contributed by atoms with Gasteiger partial charge in [0.05, 0.1) is 11.5 Å². The van der Waals surface area contributed by atoms with E-state index < -0.39 is 9.84 Å². The van der Waals surface area contributed by atoms with Crippen LogP contribution in [0.4, 0.5) is 5.69 Å². The molecule has 1 spiro atoms. The Balaban J connectivity index is 1.62. The number of anilines is 1. The van der Waals surface area contributed by atoms with Crippen molar-refractivity contribution in [3.8, 4) is 0 Å². The van der Waals surface area contributed by atoms with E-state index in [0.717, 1.165) is 18.5 Å². The molecule has 0 radical (unpaired) electrons. The number of rotatable bonds is 5. The van der Waals surface area contributed by atoms with E-state index in [1.54, 1.807) is 4.90 Å². The molecule has 1 saturated heterocycles. The zero-order chi connectivity index (χ0) is 17.4. The summed E-state index contributed by atoms with van der Waals surface area (Å²) in [4.78, 5) is 14.5. The largest absolute Gasteiger partial charge is 0.315 e. The summed E-state index contributed by atoms with van der Waals surface area (Å²) in [5.41, 5.74) is 2.19. The van der Waals surface area contributed by atoms with Crippen LogP contribution in [-0.2, 0) is 21.1 Å². The molecule has 1 aromatic carbocycles. The van der Waals surface area contributed by atoms with E-state index in [2.05, 4.69) is 19.1 Å². The molecule has 1 aromatic rings. The van der Waals surface area contributed by atoms with Gasteiger partial charge in [-0.1, -0.05) is 25.5 Å². The number of benzene rings is 1. The molecule has 2 aliphatic rings. The topological polar surface area (TPSA) is 54.5 Å². The van der Waals surface area contributed by atoms with Crippen molar-refractivity contribution in [2.75, 3.05) is 23.5 Å². The number of hydrogen-bond acceptors (Lipinski definition) is 3. The number of unbranched alkanes of at least 4 members (excludes halogenated alkanes) is 1. The molecule has 1 heterocycles. The summed E-state index contributed by atoms with van der Waals surface area (Å²) in [6.07, 6.45) is 5.58. The van der Waals surface area contributed by atoms with Gasteiger partial charge >= 0.3 is 0 Å². The zero-order valence-corrected chi connectivity index (χ0v) is 15.4. The first-order valence-electron chi connectivity index (χ1n) is 8.94. The summed E-state index contributed by atoms with van der Waals surface area (Å²) in [6, 6.07) is 8.24. The number of nitrogens with zero attached hydrogens (tertiary/aromatic N) is 1. The third-order valence-electron chi connectivity index (χ3n) is 5.78. The number of carbonyl (C=O) groups excluding carboxylic acids is 1. The summed E-state index contributed by atoms with van der Waals surface area (Å²) in [6.45, 7) is 2.18. The van der Waals surface area contributed by atoms with Crippen LogP contribution in [0, 0.1) is 11.3 Å². The average Bonchev–Trinajstić information content (AvgIpc) is 3.29. The summed E-state index contributed by atoms with van der Waals surface area (Å²) >= 11 is 0. The lowest BCUT2D eigenvalue weighted by atomic mass is 9.96. The van der Waals surface area contributed by atoms with Crippen molar-refractivity contribution in [2.24, 2.45) is 11.3 Å². The molecular weight excluding hydrogens is 322 g/mol. The SMILES string of the molecule is CCCCc1ccc(N(C)C(=O)[C@H]2CC23CCS(=O)(=O)CC3)cc1. The van der Waals surface area contributed by atoms with E-state index in [4.69, 9.17) is 0 Å². The van der Waals surface area contributed by atoms with Gasteiger partial charge in [0.1, 0.15) is 9.84 Å². The predicted octanol–water partition coefficient (Wildman–Crippen LogP) is 3.21. The van der Waals surface area contributed by atoms with Gasteiger partial charge in [0, 0.05) is 18.7 Å². The van der Waals surface area contributed by atoms with Gasteiger partial charge in [0.25, 0.3) is 0 Å². The first-order chi connectivity index (χ1) is 11.4. The van der Waals surface area contributed by atoms with Gasteiger partial charge in [-0.3, -0.25) is 4.79 Å². The van der Waals surface area contributed by atoms with Crippen LogP contribution >= 0.6 is 0 Å². The van der Waals surface area contributed by atoms with Gasteiger partial charge in [0.15, 0.2) is 0 Å². The van der Waals surface area contributed by atoms with Crippen molar-refractivity contribution >= 4 is 21.4 Å². The van der Waals surface area contributed by atoms with E-state index in [0.29, 0.717) is 12.8 Å². The lowest BCUT2D eigenvalue weighted by Gasteiger charge is -2.24. The maximum atomic E-state index is 12.8. The number of carbonyl (C=O) groups is 1. The van der Waals surface area contributed by atoms with Crippen LogP contribution < -0.4 is 4.90 Å². The van der Waals surface area contributed by atoms with Crippen LogP contribution in [0.1, 0.15) is 44.6 Å². The lowest BCUT2D eigenvalue weighted by molar-refractivity contribution is -0.120. The molecule has 0 unspecified atom stereocenters. The molecule has 0 bridgehead atoms. The standard InChI is InChI=1S/C19H27NO3S/c1-3-4-5-15-6-8-16(9-7-15)20(2)18(21)17-14-19(17)10-12-24(22,23)13-11-19/h6-9,17H,3-5,10-14H2,1-2H3/t17-/m1/s1. The minimum atomic E-state index is -2.87. The molecule has 132 valence electrons. The minimum Gasteiger partial charge on any atom is -0.315 e. The maximum Gasteiger partial charge on any atom is 0.230 e. The van der Waals surface area contributed by atoms with E-state index in [-0.39, 0.29) is 28.7 Å². The Morgan fingerprint density at radius 2 is 1.83 bits per heavy atom. The molecule has 3 rings (SSSR count). The highest BCUT2D eigenvalue weighted by Gasteiger charge is 2.60. The van der Waals surface area contributed by atoms with Gasteiger partial charge in [0.2, 0.25) is 5.91 Å². The van der Waals surface area contributed by atoms with Crippen molar-refractivity contribution < 1.29 is 13.2 Å². The Hall–Kier alpha value is -1.36. The Morgan fingerprint density at radius 1 is 1.21 bits per heavy atom. The fourth-order valence-electron chi connectivity index (χ4n) is 3.82. The molecule has 0 aromatic heterocycles.